The molecular weight excluding hydrogens is 342 g/mol. The van der Waals surface area contributed by atoms with Crippen LogP contribution < -0.4 is 0 Å². The average molecular weight is 357 g/mol. The number of benzene rings is 1. The summed E-state index contributed by atoms with van der Waals surface area (Å²) in [5.41, 5.74) is -0.0974. The van der Waals surface area contributed by atoms with E-state index in [1.165, 1.54) is 12.1 Å². The van der Waals surface area contributed by atoms with Crippen molar-refractivity contribution in [3.05, 3.63) is 33.8 Å². The first kappa shape index (κ1) is 16.5. The molecule has 0 heterocycles. The van der Waals surface area contributed by atoms with Gasteiger partial charge in [-0.05, 0) is 34.3 Å². The molecule has 0 aliphatic heterocycles. The first-order chi connectivity index (χ1) is 8.61. The van der Waals surface area contributed by atoms with Gasteiger partial charge < -0.3 is 0 Å². The van der Waals surface area contributed by atoms with Crippen LogP contribution in [0.25, 0.3) is 0 Å². The first-order valence-electron chi connectivity index (χ1n) is 5.63. The van der Waals surface area contributed by atoms with E-state index in [1.54, 1.807) is 0 Å². The highest BCUT2D eigenvalue weighted by atomic mass is 79.9. The van der Waals surface area contributed by atoms with Gasteiger partial charge in [-0.25, -0.2) is 8.78 Å². The molecule has 0 fully saturated rings. The highest BCUT2D eigenvalue weighted by Crippen LogP contribution is 2.32. The van der Waals surface area contributed by atoms with Crippen LogP contribution in [0.4, 0.5) is 8.78 Å². The maximum absolute atomic E-state index is 13.9. The zero-order chi connectivity index (χ0) is 14.8. The second-order valence-corrected chi connectivity index (χ2v) is 7.14. The predicted octanol–water partition coefficient (Wildman–Crippen LogP) is 3.79. The summed E-state index contributed by atoms with van der Waals surface area (Å²) in [5, 5.41) is 0. The van der Waals surface area contributed by atoms with Gasteiger partial charge in [-0.2, -0.15) is 8.42 Å². The van der Waals surface area contributed by atoms with Crippen molar-refractivity contribution in [3.63, 3.8) is 0 Å². The van der Waals surface area contributed by atoms with Gasteiger partial charge in [-0.1, -0.05) is 19.9 Å². The third kappa shape index (κ3) is 4.81. The Labute approximate surface area is 120 Å². The van der Waals surface area contributed by atoms with Crippen LogP contribution in [0.1, 0.15) is 31.9 Å². The second kappa shape index (κ2) is 6.28. The van der Waals surface area contributed by atoms with Crippen molar-refractivity contribution in [2.75, 3.05) is 6.26 Å². The fraction of sp³-hybridized carbons (Fsp3) is 0.500. The van der Waals surface area contributed by atoms with Crippen LogP contribution in [-0.2, 0) is 14.3 Å². The average Bonchev–Trinajstić information content (AvgIpc) is 2.22. The van der Waals surface area contributed by atoms with E-state index >= 15 is 0 Å². The fourth-order valence-electron chi connectivity index (χ4n) is 1.65. The lowest BCUT2D eigenvalue weighted by Gasteiger charge is -2.19. The summed E-state index contributed by atoms with van der Waals surface area (Å²) >= 11 is 2.87. The topological polar surface area (TPSA) is 43.4 Å². The normalized spacial score (nSPS) is 13.8. The standard InChI is InChI=1S/C12H15BrF2O3S/c1-7(2)6-10(18-19(3,16)17)8-4-5-9(13)12(15)11(8)14/h4-5,7,10H,6H2,1-3H3/t10-/m1/s1. The maximum atomic E-state index is 13.9. The Morgan fingerprint density at radius 2 is 1.84 bits per heavy atom. The van der Waals surface area contributed by atoms with E-state index in [4.69, 9.17) is 4.18 Å². The van der Waals surface area contributed by atoms with Crippen molar-refractivity contribution in [2.45, 2.75) is 26.4 Å². The van der Waals surface area contributed by atoms with Crippen LogP contribution in [0.3, 0.4) is 0 Å². The molecule has 0 radical (unpaired) electrons. The molecule has 0 unspecified atom stereocenters. The summed E-state index contributed by atoms with van der Waals surface area (Å²) in [4.78, 5) is 0. The summed E-state index contributed by atoms with van der Waals surface area (Å²) in [6.45, 7) is 3.68. The van der Waals surface area contributed by atoms with Crippen LogP contribution in [-0.4, -0.2) is 14.7 Å². The minimum Gasteiger partial charge on any atom is -0.262 e. The summed E-state index contributed by atoms with van der Waals surface area (Å²) in [6, 6.07) is 2.65. The summed E-state index contributed by atoms with van der Waals surface area (Å²) in [5.74, 6) is -2.08. The van der Waals surface area contributed by atoms with Crippen LogP contribution in [0, 0.1) is 17.6 Å². The molecule has 0 bridgehead atoms. The third-order valence-corrected chi connectivity index (χ3v) is 3.58. The van der Waals surface area contributed by atoms with Gasteiger partial charge >= 0.3 is 0 Å². The van der Waals surface area contributed by atoms with E-state index < -0.39 is 27.9 Å². The lowest BCUT2D eigenvalue weighted by Crippen LogP contribution is -2.14. The lowest BCUT2D eigenvalue weighted by molar-refractivity contribution is 0.181. The molecule has 0 aliphatic carbocycles. The summed E-state index contributed by atoms with van der Waals surface area (Å²) < 4.78 is 54.6. The Morgan fingerprint density at radius 3 is 2.32 bits per heavy atom. The van der Waals surface area contributed by atoms with Crippen molar-refractivity contribution < 1.29 is 21.4 Å². The Bertz CT molecular complexity index is 558. The first-order valence-corrected chi connectivity index (χ1v) is 8.24. The van der Waals surface area contributed by atoms with Crippen molar-refractivity contribution in [2.24, 2.45) is 5.92 Å². The van der Waals surface area contributed by atoms with Crippen LogP contribution >= 0.6 is 15.9 Å². The number of hydrogen-bond acceptors (Lipinski definition) is 3. The highest BCUT2D eigenvalue weighted by Gasteiger charge is 2.24. The summed E-state index contributed by atoms with van der Waals surface area (Å²) in [6.07, 6.45) is 0.121. The second-order valence-electron chi connectivity index (χ2n) is 4.68. The van der Waals surface area contributed by atoms with Crippen molar-refractivity contribution in [1.82, 2.24) is 0 Å². The zero-order valence-electron chi connectivity index (χ0n) is 10.8. The number of hydrogen-bond donors (Lipinski definition) is 0. The molecule has 0 spiro atoms. The molecule has 0 saturated carbocycles. The largest absolute Gasteiger partial charge is 0.264 e. The van der Waals surface area contributed by atoms with Gasteiger partial charge in [0.15, 0.2) is 11.6 Å². The van der Waals surface area contributed by atoms with Crippen LogP contribution in [0.15, 0.2) is 16.6 Å². The van der Waals surface area contributed by atoms with Gasteiger partial charge in [0.25, 0.3) is 10.1 Å². The molecular formula is C12H15BrF2O3S. The van der Waals surface area contributed by atoms with Gasteiger partial charge in [0.2, 0.25) is 0 Å². The monoisotopic (exact) mass is 356 g/mol. The molecule has 1 atom stereocenters. The van der Waals surface area contributed by atoms with Crippen molar-refractivity contribution in [1.29, 1.82) is 0 Å². The van der Waals surface area contributed by atoms with Crippen LogP contribution in [0.2, 0.25) is 0 Å². The molecule has 7 heteroatoms. The Hall–Kier alpha value is -0.530. The smallest absolute Gasteiger partial charge is 0.262 e. The molecule has 108 valence electrons. The minimum atomic E-state index is -3.76. The number of rotatable bonds is 5. The minimum absolute atomic E-state index is 0.0172. The van der Waals surface area contributed by atoms with Gasteiger partial charge in [-0.3, -0.25) is 4.18 Å². The van der Waals surface area contributed by atoms with Crippen molar-refractivity contribution in [3.8, 4) is 0 Å². The SMILES string of the molecule is CC(C)C[C@@H](OS(C)(=O)=O)c1ccc(Br)c(F)c1F. The summed E-state index contributed by atoms with van der Waals surface area (Å²) in [7, 11) is -3.76. The lowest BCUT2D eigenvalue weighted by atomic mass is 9.99. The molecule has 1 rings (SSSR count). The fourth-order valence-corrected chi connectivity index (χ4v) is 2.56. The van der Waals surface area contributed by atoms with E-state index in [2.05, 4.69) is 15.9 Å². The molecule has 3 nitrogen and oxygen atoms in total. The van der Waals surface area contributed by atoms with E-state index in [0.29, 0.717) is 0 Å². The molecule has 0 saturated heterocycles. The van der Waals surface area contributed by atoms with Crippen molar-refractivity contribution >= 4 is 26.0 Å². The van der Waals surface area contributed by atoms with Gasteiger partial charge in [0, 0.05) is 5.56 Å². The quantitative estimate of drug-likeness (QED) is 0.595. The molecule has 1 aromatic rings. The van der Waals surface area contributed by atoms with E-state index in [0.717, 1.165) is 6.26 Å². The Balaban J connectivity index is 3.21. The van der Waals surface area contributed by atoms with E-state index in [9.17, 15) is 17.2 Å². The Kier molecular flexibility index (Phi) is 5.46. The van der Waals surface area contributed by atoms with Gasteiger partial charge in [-0.15, -0.1) is 0 Å². The Morgan fingerprint density at radius 1 is 1.26 bits per heavy atom. The number of halogens is 3. The van der Waals surface area contributed by atoms with Crippen LogP contribution in [0.5, 0.6) is 0 Å². The molecule has 0 N–H and O–H groups in total. The molecule has 0 amide bonds. The van der Waals surface area contributed by atoms with Gasteiger partial charge in [0.1, 0.15) is 6.10 Å². The molecule has 1 aromatic carbocycles. The molecule has 0 aromatic heterocycles. The highest BCUT2D eigenvalue weighted by molar-refractivity contribution is 9.10. The zero-order valence-corrected chi connectivity index (χ0v) is 13.2. The molecule has 19 heavy (non-hydrogen) atoms. The predicted molar refractivity (Wildman–Crippen MR) is 72.2 cm³/mol. The van der Waals surface area contributed by atoms with Gasteiger partial charge in [0.05, 0.1) is 10.7 Å². The van der Waals surface area contributed by atoms with E-state index in [1.807, 2.05) is 13.8 Å². The third-order valence-electron chi connectivity index (χ3n) is 2.39. The van der Waals surface area contributed by atoms with E-state index in [-0.39, 0.29) is 22.4 Å². The maximum Gasteiger partial charge on any atom is 0.264 e. The molecule has 0 aliphatic rings.